The SMILES string of the molecule is C=CCOc1cc(/C=C/CC2OC(C)(C)OC2C(/C=C\[C@@H](C)[C@H](C)O[Si](c2ccccc2)(c2ccccc2)C(C)(C)C)OC(=O)c2ccccc2)c(C(=O)OCC)c(OCOC)c1. The second-order valence-corrected chi connectivity index (χ2v) is 21.3. The van der Waals surface area contributed by atoms with Gasteiger partial charge in [0.25, 0.3) is 8.32 Å². The lowest BCUT2D eigenvalue weighted by Gasteiger charge is -2.45. The molecule has 63 heavy (non-hydrogen) atoms. The molecule has 0 saturated carbocycles. The minimum atomic E-state index is -2.86. The number of rotatable bonds is 21. The van der Waals surface area contributed by atoms with Crippen molar-refractivity contribution in [1.82, 2.24) is 0 Å². The van der Waals surface area contributed by atoms with Crippen LogP contribution in [0.1, 0.15) is 88.1 Å². The molecule has 4 aromatic rings. The number of hydrogen-bond donors (Lipinski definition) is 0. The number of benzene rings is 4. The molecule has 5 rings (SSSR count). The fraction of sp³-hybridized carbons (Fsp3) is 0.385. The molecule has 11 heteroatoms. The summed E-state index contributed by atoms with van der Waals surface area (Å²) >= 11 is 0. The van der Waals surface area contributed by atoms with Crippen LogP contribution in [0, 0.1) is 5.92 Å². The first-order chi connectivity index (χ1) is 30.1. The molecule has 0 bridgehead atoms. The maximum absolute atomic E-state index is 13.8. The van der Waals surface area contributed by atoms with Gasteiger partial charge in [-0.25, -0.2) is 9.59 Å². The molecule has 1 saturated heterocycles. The van der Waals surface area contributed by atoms with Gasteiger partial charge in [0, 0.05) is 19.3 Å². The van der Waals surface area contributed by atoms with E-state index in [4.69, 9.17) is 37.6 Å². The minimum Gasteiger partial charge on any atom is -0.489 e. The average Bonchev–Trinajstić information content (AvgIpc) is 3.58. The number of methoxy groups -OCH3 is 1. The fourth-order valence-corrected chi connectivity index (χ4v) is 12.6. The second-order valence-electron chi connectivity index (χ2n) is 17.0. The highest BCUT2D eigenvalue weighted by molar-refractivity contribution is 6.99. The molecule has 1 aliphatic heterocycles. The third-order valence-corrected chi connectivity index (χ3v) is 16.0. The van der Waals surface area contributed by atoms with Gasteiger partial charge in [-0.1, -0.05) is 137 Å². The van der Waals surface area contributed by atoms with Crippen molar-refractivity contribution in [3.63, 3.8) is 0 Å². The van der Waals surface area contributed by atoms with Crippen LogP contribution < -0.4 is 19.8 Å². The Labute approximate surface area is 374 Å². The summed E-state index contributed by atoms with van der Waals surface area (Å²) in [5.41, 5.74) is 1.14. The lowest BCUT2D eigenvalue weighted by molar-refractivity contribution is -0.152. The Balaban J connectivity index is 1.49. The smallest absolute Gasteiger partial charge is 0.342 e. The zero-order valence-electron chi connectivity index (χ0n) is 38.2. The van der Waals surface area contributed by atoms with E-state index in [0.717, 1.165) is 0 Å². The molecule has 336 valence electrons. The topological polar surface area (TPSA) is 108 Å². The van der Waals surface area contributed by atoms with Crippen molar-refractivity contribution in [3.8, 4) is 11.5 Å². The Morgan fingerprint density at radius 2 is 1.48 bits per heavy atom. The van der Waals surface area contributed by atoms with Crippen molar-refractivity contribution in [3.05, 3.63) is 151 Å². The fourth-order valence-electron chi connectivity index (χ4n) is 7.79. The quantitative estimate of drug-likeness (QED) is 0.0348. The zero-order chi connectivity index (χ0) is 45.6. The molecule has 0 spiro atoms. The van der Waals surface area contributed by atoms with Gasteiger partial charge in [-0.3, -0.25) is 0 Å². The molecule has 0 amide bonds. The summed E-state index contributed by atoms with van der Waals surface area (Å²) in [5, 5.41) is 2.18. The van der Waals surface area contributed by atoms with Crippen LogP contribution in [0.25, 0.3) is 6.08 Å². The summed E-state index contributed by atoms with van der Waals surface area (Å²) in [6, 6.07) is 33.4. The van der Waals surface area contributed by atoms with E-state index < -0.39 is 44.4 Å². The van der Waals surface area contributed by atoms with Crippen LogP contribution in [0.5, 0.6) is 11.5 Å². The van der Waals surface area contributed by atoms with E-state index in [1.54, 1.807) is 55.5 Å². The highest BCUT2D eigenvalue weighted by Crippen LogP contribution is 2.39. The van der Waals surface area contributed by atoms with Crippen molar-refractivity contribution >= 4 is 36.7 Å². The summed E-state index contributed by atoms with van der Waals surface area (Å²) in [5.74, 6) is -1.45. The molecular formula is C52H64O10Si. The molecule has 1 heterocycles. The predicted octanol–water partition coefficient (Wildman–Crippen LogP) is 9.72. The van der Waals surface area contributed by atoms with Gasteiger partial charge in [-0.15, -0.1) is 0 Å². The van der Waals surface area contributed by atoms with E-state index in [9.17, 15) is 9.59 Å². The Bertz CT molecular complexity index is 2110. The number of ether oxygens (including phenoxy) is 7. The number of hydrogen-bond acceptors (Lipinski definition) is 10. The molecule has 1 aliphatic rings. The molecular weight excluding hydrogens is 813 g/mol. The maximum Gasteiger partial charge on any atom is 0.342 e. The third-order valence-electron chi connectivity index (χ3n) is 10.9. The standard InChI is InChI=1S/C52H64O10Si/c1-11-33-57-41-34-40(47(50(54)56-12-2)46(35-41)58-36-55-10)25-22-30-45-48(61-52(8,9)60-45)44(59-49(53)39-23-16-13-17-24-39)32-31-37(3)38(4)62-63(51(5,6)7,42-26-18-14-19-27-42)43-28-20-15-21-29-43/h11,13-29,31-32,34-35,37-38,44-45,48H,1,12,30,33,36H2,2-10H3/b25-22+,32-31-/t37-,38+,44?,45?,48?/m1/s1. The van der Waals surface area contributed by atoms with E-state index >= 15 is 0 Å². The van der Waals surface area contributed by atoms with Crippen molar-refractivity contribution in [1.29, 1.82) is 0 Å². The van der Waals surface area contributed by atoms with Crippen LogP contribution in [0.3, 0.4) is 0 Å². The first kappa shape index (κ1) is 48.7. The van der Waals surface area contributed by atoms with Gasteiger partial charge in [0.2, 0.25) is 0 Å². The van der Waals surface area contributed by atoms with Crippen molar-refractivity contribution in [2.75, 3.05) is 27.1 Å². The largest absolute Gasteiger partial charge is 0.489 e. The van der Waals surface area contributed by atoms with E-state index in [0.29, 0.717) is 23.3 Å². The number of carbonyl (C=O) groups excluding carboxylic acids is 2. The molecule has 10 nitrogen and oxygen atoms in total. The molecule has 0 radical (unpaired) electrons. The molecule has 5 atom stereocenters. The minimum absolute atomic E-state index is 0.0932. The highest BCUT2D eigenvalue weighted by Gasteiger charge is 2.51. The van der Waals surface area contributed by atoms with Gasteiger partial charge < -0.3 is 37.6 Å². The first-order valence-electron chi connectivity index (χ1n) is 21.6. The zero-order valence-corrected chi connectivity index (χ0v) is 39.2. The van der Waals surface area contributed by atoms with Gasteiger partial charge >= 0.3 is 11.9 Å². The Morgan fingerprint density at radius 3 is 2.05 bits per heavy atom. The molecule has 0 aliphatic carbocycles. The van der Waals surface area contributed by atoms with E-state index in [-0.39, 0.29) is 48.4 Å². The van der Waals surface area contributed by atoms with Crippen LogP contribution in [-0.2, 0) is 28.1 Å². The van der Waals surface area contributed by atoms with Gasteiger partial charge in [-0.2, -0.15) is 0 Å². The normalized spacial score (nSPS) is 17.9. The van der Waals surface area contributed by atoms with Crippen LogP contribution >= 0.6 is 0 Å². The lowest BCUT2D eigenvalue weighted by atomic mass is 9.99. The van der Waals surface area contributed by atoms with Gasteiger partial charge in [0.15, 0.2) is 12.6 Å². The van der Waals surface area contributed by atoms with Crippen LogP contribution in [0.15, 0.2) is 134 Å². The second kappa shape index (κ2) is 22.4. The highest BCUT2D eigenvalue weighted by atomic mass is 28.4. The first-order valence-corrected chi connectivity index (χ1v) is 23.5. The number of carbonyl (C=O) groups is 2. The van der Waals surface area contributed by atoms with Crippen molar-refractivity contribution in [2.24, 2.45) is 5.92 Å². The molecule has 3 unspecified atom stereocenters. The van der Waals surface area contributed by atoms with Gasteiger partial charge in [0.1, 0.15) is 35.9 Å². The predicted molar refractivity (Wildman–Crippen MR) is 250 cm³/mol. The van der Waals surface area contributed by atoms with E-state index in [2.05, 4.69) is 95.8 Å². The summed E-state index contributed by atoms with van der Waals surface area (Å²) < 4.78 is 49.1. The van der Waals surface area contributed by atoms with Crippen molar-refractivity contribution < 1.29 is 47.2 Å². The Hall–Kier alpha value is -5.30. The third kappa shape index (κ3) is 12.5. The van der Waals surface area contributed by atoms with Crippen LogP contribution in [0.4, 0.5) is 0 Å². The van der Waals surface area contributed by atoms with Crippen molar-refractivity contribution in [2.45, 2.75) is 97.1 Å². The molecule has 1 fully saturated rings. The summed E-state index contributed by atoms with van der Waals surface area (Å²) in [7, 11) is -1.37. The van der Waals surface area contributed by atoms with E-state index in [1.165, 1.54) is 17.5 Å². The van der Waals surface area contributed by atoms with Crippen LogP contribution in [-0.4, -0.2) is 77.6 Å². The summed E-state index contributed by atoms with van der Waals surface area (Å²) in [4.78, 5) is 27.1. The Kier molecular flexibility index (Phi) is 17.3. The average molecular weight is 877 g/mol. The molecule has 0 aromatic heterocycles. The maximum atomic E-state index is 13.8. The van der Waals surface area contributed by atoms with Gasteiger partial charge in [-0.05, 0) is 85.3 Å². The number of esters is 2. The summed E-state index contributed by atoms with van der Waals surface area (Å²) in [6.07, 6.45) is 7.25. The van der Waals surface area contributed by atoms with Gasteiger partial charge in [0.05, 0.1) is 18.3 Å². The Morgan fingerprint density at radius 1 is 0.857 bits per heavy atom. The molecule has 4 aromatic carbocycles. The molecule has 0 N–H and O–H groups in total. The summed E-state index contributed by atoms with van der Waals surface area (Å²) in [6.45, 7) is 20.5. The monoisotopic (exact) mass is 876 g/mol. The van der Waals surface area contributed by atoms with E-state index in [1.807, 2.05) is 44.2 Å². The lowest BCUT2D eigenvalue weighted by Crippen LogP contribution is -2.67. The van der Waals surface area contributed by atoms with Crippen LogP contribution in [0.2, 0.25) is 5.04 Å².